The van der Waals surface area contributed by atoms with E-state index in [9.17, 15) is 8.78 Å². The smallest absolute Gasteiger partial charge is 0.283 e. The summed E-state index contributed by atoms with van der Waals surface area (Å²) in [7, 11) is 1.60. The Hall–Kier alpha value is -3.48. The lowest BCUT2D eigenvalue weighted by Gasteiger charge is -2.26. The van der Waals surface area contributed by atoms with Gasteiger partial charge in [0.25, 0.3) is 6.02 Å². The highest BCUT2D eigenvalue weighted by molar-refractivity contribution is 5.76. The van der Waals surface area contributed by atoms with Gasteiger partial charge in [0, 0.05) is 17.3 Å². The maximum absolute atomic E-state index is 14.6. The van der Waals surface area contributed by atoms with Crippen molar-refractivity contribution in [2.75, 3.05) is 13.7 Å². The summed E-state index contributed by atoms with van der Waals surface area (Å²) in [6.07, 6.45) is 2.49. The molecule has 0 amide bonds. The van der Waals surface area contributed by atoms with E-state index in [0.29, 0.717) is 11.1 Å². The van der Waals surface area contributed by atoms with Crippen LogP contribution in [0.2, 0.25) is 0 Å². The number of nitrogens with two attached hydrogens (primary N) is 1. The fourth-order valence-corrected chi connectivity index (χ4v) is 3.59. The molecule has 5 nitrogen and oxygen atoms in total. The van der Waals surface area contributed by atoms with E-state index in [0.717, 1.165) is 23.1 Å². The summed E-state index contributed by atoms with van der Waals surface area (Å²) in [5.74, 6) is -0.289. The number of ether oxygens (including phenoxy) is 2. The Morgan fingerprint density at radius 2 is 1.83 bits per heavy atom. The van der Waals surface area contributed by atoms with Crippen molar-refractivity contribution < 1.29 is 18.3 Å². The first kappa shape index (κ1) is 18.9. The van der Waals surface area contributed by atoms with Gasteiger partial charge < -0.3 is 15.2 Å². The molecule has 0 radical (unpaired) electrons. The fourth-order valence-electron chi connectivity index (χ4n) is 3.59. The lowest BCUT2D eigenvalue weighted by molar-refractivity contribution is 0.278. The molecule has 1 aliphatic heterocycles. The number of aromatic nitrogens is 1. The van der Waals surface area contributed by atoms with Crippen molar-refractivity contribution in [3.05, 3.63) is 83.2 Å². The number of aliphatic imine (C=N–C) groups is 1. The maximum Gasteiger partial charge on any atom is 0.283 e. The van der Waals surface area contributed by atoms with Gasteiger partial charge in [-0.2, -0.15) is 0 Å². The second kappa shape index (κ2) is 7.16. The predicted molar refractivity (Wildman–Crippen MR) is 106 cm³/mol. The third kappa shape index (κ3) is 3.29. The molecule has 2 heterocycles. The molecule has 0 fully saturated rings. The molecule has 1 aromatic heterocycles. The highest BCUT2D eigenvalue weighted by Crippen LogP contribution is 2.40. The first-order valence-corrected chi connectivity index (χ1v) is 8.97. The number of aryl methyl sites for hydroxylation is 1. The van der Waals surface area contributed by atoms with Gasteiger partial charge in [0.05, 0.1) is 13.3 Å². The molecule has 1 aliphatic rings. The monoisotopic (exact) mass is 395 g/mol. The molecule has 0 spiro atoms. The SMILES string of the molecule is COc1ccc(C2(c3ccc(F)c(-c4cncc(F)c4)c3)COC(N)=N2)cc1C. The second-order valence-corrected chi connectivity index (χ2v) is 6.87. The molecule has 0 aliphatic carbocycles. The van der Waals surface area contributed by atoms with Crippen LogP contribution < -0.4 is 10.5 Å². The first-order valence-electron chi connectivity index (χ1n) is 8.97. The summed E-state index contributed by atoms with van der Waals surface area (Å²) in [5.41, 5.74) is 7.86. The van der Waals surface area contributed by atoms with Crippen LogP contribution in [0.15, 0.2) is 59.9 Å². The number of nitrogens with zero attached hydrogens (tertiary/aromatic N) is 2. The summed E-state index contributed by atoms with van der Waals surface area (Å²) in [4.78, 5) is 8.38. The molecule has 148 valence electrons. The zero-order chi connectivity index (χ0) is 20.6. The lowest BCUT2D eigenvalue weighted by Crippen LogP contribution is -2.27. The van der Waals surface area contributed by atoms with Crippen LogP contribution in [0, 0.1) is 18.6 Å². The lowest BCUT2D eigenvalue weighted by atomic mass is 9.82. The van der Waals surface area contributed by atoms with Gasteiger partial charge in [-0.25, -0.2) is 13.8 Å². The van der Waals surface area contributed by atoms with Crippen LogP contribution in [0.25, 0.3) is 11.1 Å². The Bertz CT molecular complexity index is 1120. The minimum Gasteiger partial charge on any atom is -0.496 e. The van der Waals surface area contributed by atoms with Crippen molar-refractivity contribution in [1.29, 1.82) is 0 Å². The van der Waals surface area contributed by atoms with Gasteiger partial charge in [0.1, 0.15) is 24.0 Å². The third-order valence-electron chi connectivity index (χ3n) is 5.06. The Balaban J connectivity index is 1.90. The number of rotatable bonds is 4. The van der Waals surface area contributed by atoms with E-state index in [-0.39, 0.29) is 18.2 Å². The molecule has 29 heavy (non-hydrogen) atoms. The minimum absolute atomic E-state index is 0.0526. The number of benzene rings is 2. The highest BCUT2D eigenvalue weighted by Gasteiger charge is 2.40. The molecule has 2 N–H and O–H groups in total. The largest absolute Gasteiger partial charge is 0.496 e. The molecular formula is C22H19F2N3O2. The van der Waals surface area contributed by atoms with Crippen LogP contribution >= 0.6 is 0 Å². The van der Waals surface area contributed by atoms with Crippen molar-refractivity contribution in [1.82, 2.24) is 4.98 Å². The molecule has 2 aromatic carbocycles. The Morgan fingerprint density at radius 1 is 1.07 bits per heavy atom. The average Bonchev–Trinajstić information content (AvgIpc) is 3.11. The van der Waals surface area contributed by atoms with Crippen LogP contribution in [0.5, 0.6) is 5.75 Å². The van der Waals surface area contributed by atoms with Gasteiger partial charge in [-0.15, -0.1) is 0 Å². The number of halogens is 2. The maximum atomic E-state index is 14.6. The van der Waals surface area contributed by atoms with Gasteiger partial charge in [-0.05, 0) is 53.9 Å². The quantitative estimate of drug-likeness (QED) is 0.727. The molecule has 4 rings (SSSR count). The average molecular weight is 395 g/mol. The summed E-state index contributed by atoms with van der Waals surface area (Å²) < 4.78 is 39.1. The molecular weight excluding hydrogens is 376 g/mol. The highest BCUT2D eigenvalue weighted by atomic mass is 19.1. The second-order valence-electron chi connectivity index (χ2n) is 6.87. The summed E-state index contributed by atoms with van der Waals surface area (Å²) >= 11 is 0. The number of hydrogen-bond acceptors (Lipinski definition) is 5. The molecule has 0 saturated carbocycles. The van der Waals surface area contributed by atoms with E-state index in [1.807, 2.05) is 25.1 Å². The summed E-state index contributed by atoms with van der Waals surface area (Å²) in [5, 5.41) is 0. The Kier molecular flexibility index (Phi) is 4.66. The van der Waals surface area contributed by atoms with Crippen molar-refractivity contribution in [2.45, 2.75) is 12.5 Å². The van der Waals surface area contributed by atoms with Crippen molar-refractivity contribution in [3.63, 3.8) is 0 Å². The van der Waals surface area contributed by atoms with Crippen LogP contribution in [-0.2, 0) is 10.3 Å². The number of hydrogen-bond donors (Lipinski definition) is 1. The predicted octanol–water partition coefficient (Wildman–Crippen LogP) is 3.93. The van der Waals surface area contributed by atoms with E-state index < -0.39 is 17.2 Å². The zero-order valence-corrected chi connectivity index (χ0v) is 15.9. The van der Waals surface area contributed by atoms with Crippen LogP contribution in [-0.4, -0.2) is 24.7 Å². The number of methoxy groups -OCH3 is 1. The van der Waals surface area contributed by atoms with Gasteiger partial charge in [-0.3, -0.25) is 4.98 Å². The van der Waals surface area contributed by atoms with Gasteiger partial charge in [0.2, 0.25) is 0 Å². The van der Waals surface area contributed by atoms with Crippen LogP contribution in [0.3, 0.4) is 0 Å². The van der Waals surface area contributed by atoms with Gasteiger partial charge in [0.15, 0.2) is 5.54 Å². The van der Waals surface area contributed by atoms with E-state index in [1.165, 1.54) is 18.3 Å². The van der Waals surface area contributed by atoms with Gasteiger partial charge >= 0.3 is 0 Å². The van der Waals surface area contributed by atoms with Gasteiger partial charge in [-0.1, -0.05) is 12.1 Å². The minimum atomic E-state index is -0.954. The third-order valence-corrected chi connectivity index (χ3v) is 5.06. The standard InChI is InChI=1S/C22H19F2N3O2/c1-13-7-15(4-6-20(13)28-2)22(12-29-21(25)27-22)16-3-5-19(24)18(9-16)14-8-17(23)11-26-10-14/h3-11H,12H2,1-2H3,(H2,25,27). The van der Waals surface area contributed by atoms with E-state index in [1.54, 1.807) is 19.2 Å². The number of amidine groups is 1. The van der Waals surface area contributed by atoms with E-state index >= 15 is 0 Å². The fraction of sp³-hybridized carbons (Fsp3) is 0.182. The molecule has 3 aromatic rings. The first-order chi connectivity index (χ1) is 13.9. The van der Waals surface area contributed by atoms with Crippen LogP contribution in [0.4, 0.5) is 8.78 Å². The molecule has 1 atom stereocenters. The van der Waals surface area contributed by atoms with Crippen molar-refractivity contribution >= 4 is 6.02 Å². The van der Waals surface area contributed by atoms with E-state index in [4.69, 9.17) is 15.2 Å². The summed E-state index contributed by atoms with van der Waals surface area (Å²) in [6.45, 7) is 2.09. The molecule has 7 heteroatoms. The van der Waals surface area contributed by atoms with E-state index in [2.05, 4.69) is 9.98 Å². The summed E-state index contributed by atoms with van der Waals surface area (Å²) in [6, 6.07) is 11.6. The Labute approximate surface area is 166 Å². The van der Waals surface area contributed by atoms with Crippen molar-refractivity contribution in [2.24, 2.45) is 10.7 Å². The molecule has 0 bridgehead atoms. The molecule has 0 saturated heterocycles. The molecule has 1 unspecified atom stereocenters. The van der Waals surface area contributed by atoms with Crippen LogP contribution in [0.1, 0.15) is 16.7 Å². The normalized spacial score (nSPS) is 18.3. The van der Waals surface area contributed by atoms with Crippen molar-refractivity contribution in [3.8, 4) is 16.9 Å². The zero-order valence-electron chi connectivity index (χ0n) is 15.9. The topological polar surface area (TPSA) is 69.7 Å². The number of pyridine rings is 1. The Morgan fingerprint density at radius 3 is 2.48 bits per heavy atom.